The molecule has 30 heavy (non-hydrogen) atoms. The molecule has 0 aliphatic rings. The summed E-state index contributed by atoms with van der Waals surface area (Å²) in [5.41, 5.74) is 3.01. The third kappa shape index (κ3) is 4.14. The number of carbonyl (C=O) groups excluding carboxylic acids is 1. The number of fused-ring (bicyclic) bond motifs is 1. The molecular formula is C24H22N2O3S. The fourth-order valence-electron chi connectivity index (χ4n) is 3.32. The highest BCUT2D eigenvalue weighted by Gasteiger charge is 2.15. The molecule has 5 nitrogen and oxygen atoms in total. The first kappa shape index (κ1) is 19.9. The molecule has 0 radical (unpaired) electrons. The number of nitrogens with one attached hydrogen (secondary N) is 1. The van der Waals surface area contributed by atoms with Crippen molar-refractivity contribution in [3.63, 3.8) is 0 Å². The zero-order valence-corrected chi connectivity index (χ0v) is 17.6. The quantitative estimate of drug-likeness (QED) is 0.451. The number of carbonyl (C=O) groups is 1. The van der Waals surface area contributed by atoms with Crippen LogP contribution in [0.4, 0.5) is 5.69 Å². The van der Waals surface area contributed by atoms with Gasteiger partial charge in [-0.05, 0) is 49.7 Å². The molecule has 0 spiro atoms. The molecule has 3 aromatic carbocycles. The number of benzene rings is 3. The Balaban J connectivity index is 1.55. The second-order valence-electron chi connectivity index (χ2n) is 7.24. The normalized spacial score (nSPS) is 11.0. The number of thiazole rings is 1. The lowest BCUT2D eigenvalue weighted by atomic mass is 10.1. The molecule has 0 saturated carbocycles. The minimum absolute atomic E-state index is 0.00290. The third-order valence-corrected chi connectivity index (χ3v) is 5.67. The van der Waals surface area contributed by atoms with Crippen molar-refractivity contribution in [1.82, 2.24) is 4.57 Å². The summed E-state index contributed by atoms with van der Waals surface area (Å²) >= 11 is 1.18. The van der Waals surface area contributed by atoms with Crippen LogP contribution in [0.25, 0.3) is 10.2 Å². The van der Waals surface area contributed by atoms with Gasteiger partial charge in [-0.15, -0.1) is 0 Å². The van der Waals surface area contributed by atoms with Crippen molar-refractivity contribution in [3.05, 3.63) is 93.6 Å². The molecule has 0 fully saturated rings. The predicted octanol–water partition coefficient (Wildman–Crippen LogP) is 5.48. The number of hydrogen-bond acceptors (Lipinski definition) is 4. The van der Waals surface area contributed by atoms with Crippen LogP contribution in [-0.2, 0) is 6.61 Å². The van der Waals surface area contributed by atoms with Crippen molar-refractivity contribution in [2.24, 2.45) is 0 Å². The minimum Gasteiger partial charge on any atom is -0.488 e. The fourth-order valence-corrected chi connectivity index (χ4v) is 4.37. The van der Waals surface area contributed by atoms with Gasteiger partial charge in [0.15, 0.2) is 0 Å². The monoisotopic (exact) mass is 418 g/mol. The van der Waals surface area contributed by atoms with E-state index in [9.17, 15) is 9.59 Å². The van der Waals surface area contributed by atoms with E-state index in [4.69, 9.17) is 4.74 Å². The summed E-state index contributed by atoms with van der Waals surface area (Å²) in [5.74, 6) is 0.268. The maximum Gasteiger partial charge on any atom is 0.308 e. The predicted molar refractivity (Wildman–Crippen MR) is 122 cm³/mol. The largest absolute Gasteiger partial charge is 0.488 e. The number of aromatic nitrogens is 1. The van der Waals surface area contributed by atoms with Crippen LogP contribution in [0.3, 0.4) is 0 Å². The Morgan fingerprint density at radius 2 is 1.77 bits per heavy atom. The standard InChI is InChI=1S/C24H22N2O3S/c1-16(2)26-20-13-12-18(14-22(20)30-24(26)28)25-23(27)19-10-6-7-11-21(19)29-15-17-8-4-3-5-9-17/h3-14,16H,15H2,1-2H3,(H,25,27). The average Bonchev–Trinajstić information content (AvgIpc) is 3.08. The molecule has 0 unspecified atom stereocenters. The number of anilines is 1. The zero-order valence-electron chi connectivity index (χ0n) is 16.8. The van der Waals surface area contributed by atoms with E-state index < -0.39 is 0 Å². The van der Waals surface area contributed by atoms with Gasteiger partial charge in [-0.25, -0.2) is 0 Å². The van der Waals surface area contributed by atoms with Gasteiger partial charge in [0.2, 0.25) is 0 Å². The van der Waals surface area contributed by atoms with E-state index in [0.717, 1.165) is 15.8 Å². The second kappa shape index (κ2) is 8.55. The molecule has 4 rings (SSSR count). The van der Waals surface area contributed by atoms with Crippen LogP contribution >= 0.6 is 11.3 Å². The number of para-hydroxylation sites is 1. The summed E-state index contributed by atoms with van der Waals surface area (Å²) < 4.78 is 8.50. The lowest BCUT2D eigenvalue weighted by Crippen LogP contribution is -2.15. The van der Waals surface area contributed by atoms with Crippen LogP contribution in [0.5, 0.6) is 5.75 Å². The SMILES string of the molecule is CC(C)n1c(=O)sc2cc(NC(=O)c3ccccc3OCc3ccccc3)ccc21. The Hall–Kier alpha value is -3.38. The molecule has 1 aromatic heterocycles. The zero-order chi connectivity index (χ0) is 21.1. The summed E-state index contributed by atoms with van der Waals surface area (Å²) in [5, 5.41) is 2.92. The van der Waals surface area contributed by atoms with Crippen molar-refractivity contribution in [2.45, 2.75) is 26.5 Å². The van der Waals surface area contributed by atoms with Crippen molar-refractivity contribution < 1.29 is 9.53 Å². The molecule has 0 bridgehead atoms. The maximum absolute atomic E-state index is 12.9. The van der Waals surface area contributed by atoms with Crippen molar-refractivity contribution in [2.75, 3.05) is 5.32 Å². The van der Waals surface area contributed by atoms with Gasteiger partial charge < -0.3 is 10.1 Å². The average molecular weight is 419 g/mol. The van der Waals surface area contributed by atoms with Gasteiger partial charge in [-0.2, -0.15) is 0 Å². The Kier molecular flexibility index (Phi) is 5.68. The molecular weight excluding hydrogens is 396 g/mol. The molecule has 6 heteroatoms. The van der Waals surface area contributed by atoms with Gasteiger partial charge in [-0.3, -0.25) is 14.2 Å². The van der Waals surface area contributed by atoms with E-state index in [-0.39, 0.29) is 16.8 Å². The summed E-state index contributed by atoms with van der Waals surface area (Å²) in [6.07, 6.45) is 0. The van der Waals surface area contributed by atoms with Crippen LogP contribution in [-0.4, -0.2) is 10.5 Å². The van der Waals surface area contributed by atoms with Crippen LogP contribution in [0.15, 0.2) is 77.6 Å². The summed E-state index contributed by atoms with van der Waals surface area (Å²) in [6.45, 7) is 4.35. The van der Waals surface area contributed by atoms with E-state index in [1.54, 1.807) is 16.7 Å². The lowest BCUT2D eigenvalue weighted by molar-refractivity contribution is 0.102. The third-order valence-electron chi connectivity index (χ3n) is 4.76. The second-order valence-corrected chi connectivity index (χ2v) is 8.23. The van der Waals surface area contributed by atoms with Gasteiger partial charge in [0.05, 0.1) is 15.8 Å². The van der Waals surface area contributed by atoms with Crippen molar-refractivity contribution in [1.29, 1.82) is 0 Å². The van der Waals surface area contributed by atoms with E-state index >= 15 is 0 Å². The Morgan fingerprint density at radius 3 is 2.53 bits per heavy atom. The van der Waals surface area contributed by atoms with Crippen LogP contribution < -0.4 is 14.9 Å². The first-order valence-electron chi connectivity index (χ1n) is 9.75. The molecule has 0 atom stereocenters. The molecule has 152 valence electrons. The Bertz CT molecular complexity index is 1240. The van der Waals surface area contributed by atoms with E-state index in [1.165, 1.54) is 11.3 Å². The van der Waals surface area contributed by atoms with E-state index in [1.807, 2.05) is 74.5 Å². The fraction of sp³-hybridized carbons (Fsp3) is 0.167. The maximum atomic E-state index is 12.9. The highest BCUT2D eigenvalue weighted by atomic mass is 32.1. The van der Waals surface area contributed by atoms with E-state index in [0.29, 0.717) is 23.6 Å². The number of amides is 1. The first-order valence-corrected chi connectivity index (χ1v) is 10.6. The van der Waals surface area contributed by atoms with Gasteiger partial charge >= 0.3 is 4.87 Å². The Morgan fingerprint density at radius 1 is 1.03 bits per heavy atom. The smallest absolute Gasteiger partial charge is 0.308 e. The number of hydrogen-bond donors (Lipinski definition) is 1. The first-order chi connectivity index (χ1) is 14.5. The number of nitrogens with zero attached hydrogens (tertiary/aromatic N) is 1. The molecule has 1 amide bonds. The number of ether oxygens (including phenoxy) is 1. The summed E-state index contributed by atoms with van der Waals surface area (Å²) in [6, 6.07) is 22.6. The van der Waals surface area contributed by atoms with Crippen LogP contribution in [0.1, 0.15) is 35.8 Å². The van der Waals surface area contributed by atoms with Crippen LogP contribution in [0, 0.1) is 0 Å². The molecule has 0 aliphatic heterocycles. The van der Waals surface area contributed by atoms with Gasteiger partial charge in [0.25, 0.3) is 5.91 Å². The number of rotatable bonds is 6. The highest BCUT2D eigenvalue weighted by Crippen LogP contribution is 2.26. The molecule has 4 aromatic rings. The molecule has 0 aliphatic carbocycles. The van der Waals surface area contributed by atoms with E-state index in [2.05, 4.69) is 5.32 Å². The van der Waals surface area contributed by atoms with Crippen LogP contribution in [0.2, 0.25) is 0 Å². The van der Waals surface area contributed by atoms with Crippen molar-refractivity contribution >= 4 is 33.1 Å². The lowest BCUT2D eigenvalue weighted by Gasteiger charge is -2.12. The van der Waals surface area contributed by atoms with Gasteiger partial charge in [0.1, 0.15) is 12.4 Å². The van der Waals surface area contributed by atoms with Gasteiger partial charge in [-0.1, -0.05) is 53.8 Å². The van der Waals surface area contributed by atoms with Gasteiger partial charge in [0, 0.05) is 11.7 Å². The molecule has 0 saturated heterocycles. The summed E-state index contributed by atoms with van der Waals surface area (Å²) in [4.78, 5) is 25.2. The summed E-state index contributed by atoms with van der Waals surface area (Å²) in [7, 11) is 0. The highest BCUT2D eigenvalue weighted by molar-refractivity contribution is 7.16. The van der Waals surface area contributed by atoms with Crippen molar-refractivity contribution in [3.8, 4) is 5.75 Å². The topological polar surface area (TPSA) is 60.3 Å². The Labute approximate surface area is 178 Å². The minimum atomic E-state index is -0.256. The molecule has 1 N–H and O–H groups in total. The molecule has 1 heterocycles.